The fourth-order valence-corrected chi connectivity index (χ4v) is 4.67. The fraction of sp³-hybridized carbons (Fsp3) is 0.107. The van der Waals surface area contributed by atoms with E-state index in [2.05, 4.69) is 4.99 Å². The summed E-state index contributed by atoms with van der Waals surface area (Å²) in [5, 5.41) is 20.6. The van der Waals surface area contributed by atoms with Crippen molar-refractivity contribution >= 4 is 52.1 Å². The van der Waals surface area contributed by atoms with Gasteiger partial charge in [-0.2, -0.15) is 0 Å². The van der Waals surface area contributed by atoms with Crippen LogP contribution in [0.2, 0.25) is 5.02 Å². The molecule has 3 aromatic carbocycles. The number of esters is 1. The Morgan fingerprint density at radius 3 is 2.43 bits per heavy atom. The van der Waals surface area contributed by atoms with Gasteiger partial charge in [-0.15, -0.1) is 0 Å². The largest absolute Gasteiger partial charge is 0.506 e. The maximum atomic E-state index is 12.6. The number of aliphatic imine (C=N–C) groups is 1. The van der Waals surface area contributed by atoms with E-state index < -0.39 is 11.9 Å². The predicted octanol–water partition coefficient (Wildman–Crippen LogP) is 6.81. The first-order valence-electron chi connectivity index (χ1n) is 11.2. The van der Waals surface area contributed by atoms with Crippen LogP contribution >= 0.6 is 23.4 Å². The fourth-order valence-electron chi connectivity index (χ4n) is 3.39. The number of nitrogens with zero attached hydrogens (tertiary/aromatic N) is 1. The number of aliphatic hydroxyl groups excluding tert-OH is 1. The number of carbonyl (C=O) groups is 2. The molecule has 0 atom stereocenters. The van der Waals surface area contributed by atoms with Gasteiger partial charge < -0.3 is 19.7 Å². The molecular formula is C28H22ClNO6S. The second-order valence-electron chi connectivity index (χ2n) is 7.79. The Labute approximate surface area is 222 Å². The van der Waals surface area contributed by atoms with Crippen LogP contribution in [-0.2, 0) is 16.1 Å². The number of halogens is 1. The normalized spacial score (nSPS) is 15.3. The van der Waals surface area contributed by atoms with Gasteiger partial charge in [-0.25, -0.2) is 14.6 Å². The number of hydrogen-bond donors (Lipinski definition) is 2. The number of carboxylic acid groups (broad SMARTS) is 1. The second-order valence-corrected chi connectivity index (χ2v) is 9.23. The van der Waals surface area contributed by atoms with E-state index >= 15 is 0 Å². The van der Waals surface area contributed by atoms with Crippen LogP contribution in [0.4, 0.5) is 5.69 Å². The molecule has 1 heterocycles. The number of hydrogen-bond acceptors (Lipinski definition) is 7. The zero-order chi connectivity index (χ0) is 26.4. The maximum absolute atomic E-state index is 12.6. The van der Waals surface area contributed by atoms with Crippen LogP contribution in [-0.4, -0.2) is 33.8 Å². The molecule has 0 aliphatic carbocycles. The third kappa shape index (κ3) is 6.41. The van der Waals surface area contributed by atoms with Crippen LogP contribution in [0.3, 0.4) is 0 Å². The van der Waals surface area contributed by atoms with Crippen molar-refractivity contribution in [3.63, 3.8) is 0 Å². The van der Waals surface area contributed by atoms with Gasteiger partial charge in [0.25, 0.3) is 0 Å². The summed E-state index contributed by atoms with van der Waals surface area (Å²) in [6, 6.07) is 20.7. The minimum Gasteiger partial charge on any atom is -0.506 e. The van der Waals surface area contributed by atoms with Gasteiger partial charge in [0, 0.05) is 0 Å². The molecule has 0 spiro atoms. The Balaban J connectivity index is 1.55. The standard InChI is InChI=1S/C28H22ClNO6S/c1-2-35-28(34)24-25(31)23(37-26(24)30-20-6-4-3-5-7-20)15-18-10-13-22(21(29)14-18)36-16-17-8-11-19(12-9-17)27(32)33/h3-15,31H,2,16H2,1H3,(H,32,33)/b23-15-,30-26?. The number of aromatic carboxylic acids is 1. The molecule has 0 unspecified atom stereocenters. The SMILES string of the molecule is CCOC(=O)C1=C(O)/C(=C/c2ccc(OCc3ccc(C(=O)O)cc3)c(Cl)c2)SC1=Nc1ccccc1. The van der Waals surface area contributed by atoms with Crippen LogP contribution in [0.5, 0.6) is 5.75 Å². The molecule has 2 N–H and O–H groups in total. The third-order valence-electron chi connectivity index (χ3n) is 5.21. The van der Waals surface area contributed by atoms with Gasteiger partial charge in [0.1, 0.15) is 28.7 Å². The van der Waals surface area contributed by atoms with E-state index in [1.807, 2.05) is 18.2 Å². The van der Waals surface area contributed by atoms with E-state index in [0.29, 0.717) is 32.0 Å². The summed E-state index contributed by atoms with van der Waals surface area (Å²) in [5.41, 5.74) is 2.33. The van der Waals surface area contributed by atoms with E-state index in [0.717, 1.165) is 17.3 Å². The molecule has 0 saturated heterocycles. The van der Waals surface area contributed by atoms with Crippen LogP contribution < -0.4 is 4.74 Å². The number of para-hydroxylation sites is 1. The summed E-state index contributed by atoms with van der Waals surface area (Å²) in [6.45, 7) is 2.07. The van der Waals surface area contributed by atoms with Crippen LogP contribution in [0.25, 0.3) is 6.08 Å². The Hall–Kier alpha value is -4.01. The molecule has 0 saturated carbocycles. The van der Waals surface area contributed by atoms with E-state index in [-0.39, 0.29) is 30.1 Å². The summed E-state index contributed by atoms with van der Waals surface area (Å²) >= 11 is 7.59. The van der Waals surface area contributed by atoms with E-state index in [9.17, 15) is 14.7 Å². The smallest absolute Gasteiger partial charge is 0.344 e. The van der Waals surface area contributed by atoms with E-state index in [1.54, 1.807) is 55.5 Å². The Bertz CT molecular complexity index is 1410. The van der Waals surface area contributed by atoms with Crippen molar-refractivity contribution in [1.29, 1.82) is 0 Å². The maximum Gasteiger partial charge on any atom is 0.344 e. The molecule has 0 bridgehead atoms. The summed E-state index contributed by atoms with van der Waals surface area (Å²) < 4.78 is 10.9. The first-order valence-corrected chi connectivity index (χ1v) is 12.4. The number of aliphatic hydroxyl groups is 1. The third-order valence-corrected chi connectivity index (χ3v) is 6.52. The number of benzene rings is 3. The molecule has 0 fully saturated rings. The zero-order valence-electron chi connectivity index (χ0n) is 19.7. The topological polar surface area (TPSA) is 105 Å². The highest BCUT2D eigenvalue weighted by molar-refractivity contribution is 8.18. The number of thioether (sulfide) groups is 1. The lowest BCUT2D eigenvalue weighted by molar-refractivity contribution is -0.138. The average molecular weight is 536 g/mol. The van der Waals surface area contributed by atoms with Crippen LogP contribution in [0.1, 0.15) is 28.4 Å². The van der Waals surface area contributed by atoms with Crippen LogP contribution in [0.15, 0.2) is 94.0 Å². The Kier molecular flexibility index (Phi) is 8.32. The zero-order valence-corrected chi connectivity index (χ0v) is 21.3. The lowest BCUT2D eigenvalue weighted by Gasteiger charge is -2.09. The van der Waals surface area contributed by atoms with Gasteiger partial charge in [0.05, 0.1) is 27.8 Å². The molecule has 188 valence electrons. The summed E-state index contributed by atoms with van der Waals surface area (Å²) in [6.07, 6.45) is 1.70. The number of ether oxygens (including phenoxy) is 2. The minimum absolute atomic E-state index is 0.0157. The highest BCUT2D eigenvalue weighted by Crippen LogP contribution is 2.40. The molecule has 4 rings (SSSR count). The molecule has 0 aromatic heterocycles. The van der Waals surface area contributed by atoms with Gasteiger partial charge in [-0.05, 0) is 60.5 Å². The van der Waals surface area contributed by atoms with Gasteiger partial charge in [0.2, 0.25) is 0 Å². The average Bonchev–Trinajstić information content (AvgIpc) is 3.18. The van der Waals surface area contributed by atoms with Crippen molar-refractivity contribution in [2.45, 2.75) is 13.5 Å². The van der Waals surface area contributed by atoms with Gasteiger partial charge in [0.15, 0.2) is 0 Å². The highest BCUT2D eigenvalue weighted by atomic mass is 35.5. The van der Waals surface area contributed by atoms with Crippen molar-refractivity contribution < 1.29 is 29.3 Å². The predicted molar refractivity (Wildman–Crippen MR) is 145 cm³/mol. The molecule has 1 aliphatic heterocycles. The number of carboxylic acids is 1. The lowest BCUT2D eigenvalue weighted by atomic mass is 10.1. The molecule has 0 amide bonds. The van der Waals surface area contributed by atoms with Gasteiger partial charge in [-0.1, -0.05) is 59.8 Å². The molecule has 1 aliphatic rings. The molecule has 37 heavy (non-hydrogen) atoms. The number of carbonyl (C=O) groups excluding carboxylic acids is 1. The summed E-state index contributed by atoms with van der Waals surface area (Å²) in [4.78, 5) is 28.5. The molecular weight excluding hydrogens is 514 g/mol. The highest BCUT2D eigenvalue weighted by Gasteiger charge is 2.33. The van der Waals surface area contributed by atoms with Crippen molar-refractivity contribution in [1.82, 2.24) is 0 Å². The first-order chi connectivity index (χ1) is 17.9. The van der Waals surface area contributed by atoms with E-state index in [1.165, 1.54) is 12.1 Å². The molecule has 3 aromatic rings. The van der Waals surface area contributed by atoms with E-state index in [4.69, 9.17) is 26.2 Å². The lowest BCUT2D eigenvalue weighted by Crippen LogP contribution is -2.12. The van der Waals surface area contributed by atoms with Crippen molar-refractivity contribution in [2.24, 2.45) is 4.99 Å². The van der Waals surface area contributed by atoms with Gasteiger partial charge in [-0.3, -0.25) is 0 Å². The van der Waals surface area contributed by atoms with Crippen molar-refractivity contribution in [2.75, 3.05) is 6.61 Å². The molecule has 7 nitrogen and oxygen atoms in total. The molecule has 0 radical (unpaired) electrons. The van der Waals surface area contributed by atoms with Gasteiger partial charge >= 0.3 is 11.9 Å². The quantitative estimate of drug-likeness (QED) is 0.305. The number of rotatable bonds is 8. The first kappa shape index (κ1) is 26.1. The summed E-state index contributed by atoms with van der Waals surface area (Å²) in [5.74, 6) is -1.40. The Morgan fingerprint density at radius 1 is 1.05 bits per heavy atom. The minimum atomic E-state index is -0.991. The molecule has 9 heteroatoms. The summed E-state index contributed by atoms with van der Waals surface area (Å²) in [7, 11) is 0. The Morgan fingerprint density at radius 2 is 1.78 bits per heavy atom. The second kappa shape index (κ2) is 11.8. The van der Waals surface area contributed by atoms with Crippen LogP contribution in [0, 0.1) is 0 Å². The van der Waals surface area contributed by atoms with Crippen molar-refractivity contribution in [3.8, 4) is 5.75 Å². The monoisotopic (exact) mass is 535 g/mol. The van der Waals surface area contributed by atoms with Crippen molar-refractivity contribution in [3.05, 3.63) is 111 Å².